The highest BCUT2D eigenvalue weighted by molar-refractivity contribution is 5.59. The van der Waals surface area contributed by atoms with Crippen LogP contribution in [0, 0.1) is 5.41 Å². The van der Waals surface area contributed by atoms with E-state index in [2.05, 4.69) is 48.3 Å². The molecule has 1 saturated carbocycles. The highest BCUT2D eigenvalue weighted by Crippen LogP contribution is 2.41. The van der Waals surface area contributed by atoms with Crippen LogP contribution >= 0.6 is 0 Å². The molecule has 2 heteroatoms. The molecule has 0 saturated heterocycles. The molecule has 0 amide bonds. The molecular formula is C19H30N2. The molecule has 1 aliphatic heterocycles. The van der Waals surface area contributed by atoms with Crippen molar-refractivity contribution in [3.8, 4) is 0 Å². The van der Waals surface area contributed by atoms with Crippen LogP contribution in [0.15, 0.2) is 24.3 Å². The molecule has 2 nitrogen and oxygen atoms in total. The van der Waals surface area contributed by atoms with Gasteiger partial charge in [0.2, 0.25) is 0 Å². The number of benzene rings is 1. The Morgan fingerprint density at radius 3 is 2.71 bits per heavy atom. The van der Waals surface area contributed by atoms with Crippen LogP contribution in [0.2, 0.25) is 0 Å². The lowest BCUT2D eigenvalue weighted by molar-refractivity contribution is 0.186. The van der Waals surface area contributed by atoms with Gasteiger partial charge < -0.3 is 10.2 Å². The van der Waals surface area contributed by atoms with E-state index >= 15 is 0 Å². The Morgan fingerprint density at radius 2 is 1.95 bits per heavy atom. The Hall–Kier alpha value is -1.02. The number of fused-ring (bicyclic) bond motifs is 1. The van der Waals surface area contributed by atoms with Gasteiger partial charge in [0.1, 0.15) is 0 Å². The molecule has 1 aromatic carbocycles. The lowest BCUT2D eigenvalue weighted by atomic mass is 9.73. The average Bonchev–Trinajstić information content (AvgIpc) is 2.82. The van der Waals surface area contributed by atoms with E-state index in [0.717, 1.165) is 6.54 Å². The quantitative estimate of drug-likeness (QED) is 0.880. The van der Waals surface area contributed by atoms with E-state index in [1.165, 1.54) is 57.3 Å². The van der Waals surface area contributed by atoms with Crippen molar-refractivity contribution < 1.29 is 0 Å². The van der Waals surface area contributed by atoms with E-state index in [1.54, 1.807) is 5.56 Å². The molecule has 116 valence electrons. The first-order chi connectivity index (χ1) is 10.2. The first kappa shape index (κ1) is 14.9. The van der Waals surface area contributed by atoms with Crippen LogP contribution in [0.3, 0.4) is 0 Å². The van der Waals surface area contributed by atoms with Gasteiger partial charge in [-0.3, -0.25) is 0 Å². The maximum atomic E-state index is 3.64. The van der Waals surface area contributed by atoms with E-state index in [4.69, 9.17) is 0 Å². The molecule has 1 aliphatic carbocycles. The Bertz CT molecular complexity index is 462. The maximum Gasteiger partial charge on any atom is 0.0402 e. The third-order valence-corrected chi connectivity index (χ3v) is 5.52. The number of nitrogens with zero attached hydrogens (tertiary/aromatic N) is 1. The molecule has 0 radical (unpaired) electrons. The van der Waals surface area contributed by atoms with Gasteiger partial charge in [0, 0.05) is 30.2 Å². The Morgan fingerprint density at radius 1 is 1.19 bits per heavy atom. The van der Waals surface area contributed by atoms with Gasteiger partial charge in [-0.2, -0.15) is 0 Å². The van der Waals surface area contributed by atoms with Crippen LogP contribution in [-0.2, 0) is 6.42 Å². The summed E-state index contributed by atoms with van der Waals surface area (Å²) in [5.41, 5.74) is 3.52. The van der Waals surface area contributed by atoms with Crippen molar-refractivity contribution in [3.63, 3.8) is 0 Å². The van der Waals surface area contributed by atoms with Crippen LogP contribution in [0.1, 0.15) is 51.5 Å². The summed E-state index contributed by atoms with van der Waals surface area (Å²) in [5.74, 6) is 0. The number of nitrogens with one attached hydrogen (secondary N) is 1. The summed E-state index contributed by atoms with van der Waals surface area (Å²) in [6, 6.07) is 9.67. The Kier molecular flexibility index (Phi) is 4.54. The van der Waals surface area contributed by atoms with Gasteiger partial charge in [-0.15, -0.1) is 0 Å². The van der Waals surface area contributed by atoms with Crippen molar-refractivity contribution >= 4 is 5.69 Å². The lowest BCUT2D eigenvalue weighted by Crippen LogP contribution is -2.47. The molecule has 1 aromatic rings. The van der Waals surface area contributed by atoms with Crippen molar-refractivity contribution in [2.24, 2.45) is 5.41 Å². The van der Waals surface area contributed by atoms with E-state index in [1.807, 2.05) is 0 Å². The molecule has 1 atom stereocenters. The van der Waals surface area contributed by atoms with Crippen molar-refractivity contribution in [2.75, 3.05) is 24.5 Å². The van der Waals surface area contributed by atoms with Gasteiger partial charge >= 0.3 is 0 Å². The summed E-state index contributed by atoms with van der Waals surface area (Å²) >= 11 is 0. The molecule has 1 N–H and O–H groups in total. The topological polar surface area (TPSA) is 15.3 Å². The van der Waals surface area contributed by atoms with Gasteiger partial charge in [0.05, 0.1) is 0 Å². The minimum atomic E-state index is 0.486. The normalized spacial score (nSPS) is 24.1. The lowest BCUT2D eigenvalue weighted by Gasteiger charge is -2.42. The van der Waals surface area contributed by atoms with E-state index < -0.39 is 0 Å². The smallest absolute Gasteiger partial charge is 0.0402 e. The molecule has 0 bridgehead atoms. The Labute approximate surface area is 129 Å². The van der Waals surface area contributed by atoms with Gasteiger partial charge in [-0.25, -0.2) is 0 Å². The first-order valence-electron chi connectivity index (χ1n) is 8.79. The average molecular weight is 286 g/mol. The predicted octanol–water partition coefficient (Wildman–Crippen LogP) is 4.00. The fourth-order valence-corrected chi connectivity index (χ4v) is 4.31. The number of hydrogen-bond donors (Lipinski definition) is 1. The standard InChI is InChI=1S/C19H30N2/c1-3-20-14-19(11-7-4-8-12-19)15-21-16(2)13-17-9-5-6-10-18(17)21/h5-6,9-10,16,20H,3-4,7-8,11-15H2,1-2H3. The summed E-state index contributed by atoms with van der Waals surface area (Å²) in [6.45, 7) is 8.13. The minimum Gasteiger partial charge on any atom is -0.368 e. The second kappa shape index (κ2) is 6.39. The zero-order chi connectivity index (χ0) is 14.7. The molecule has 1 fully saturated rings. The fraction of sp³-hybridized carbons (Fsp3) is 0.684. The van der Waals surface area contributed by atoms with Crippen molar-refractivity contribution in [1.29, 1.82) is 0 Å². The first-order valence-corrected chi connectivity index (χ1v) is 8.79. The van der Waals surface area contributed by atoms with Gasteiger partial charge in [0.15, 0.2) is 0 Å². The van der Waals surface area contributed by atoms with Crippen molar-refractivity contribution in [3.05, 3.63) is 29.8 Å². The summed E-state index contributed by atoms with van der Waals surface area (Å²) < 4.78 is 0. The molecule has 0 spiro atoms. The van der Waals surface area contributed by atoms with E-state index in [0.29, 0.717) is 11.5 Å². The molecule has 0 aromatic heterocycles. The van der Waals surface area contributed by atoms with Gasteiger partial charge in [-0.05, 0) is 44.4 Å². The highest BCUT2D eigenvalue weighted by Gasteiger charge is 2.37. The monoisotopic (exact) mass is 286 g/mol. The molecule has 3 rings (SSSR count). The predicted molar refractivity (Wildman–Crippen MR) is 91.0 cm³/mol. The molecule has 2 aliphatic rings. The summed E-state index contributed by atoms with van der Waals surface area (Å²) in [4.78, 5) is 2.69. The number of anilines is 1. The molecule has 1 heterocycles. The maximum absolute atomic E-state index is 3.64. The summed E-state index contributed by atoms with van der Waals surface area (Å²) in [6.07, 6.45) is 8.26. The van der Waals surface area contributed by atoms with Crippen molar-refractivity contribution in [1.82, 2.24) is 5.32 Å². The van der Waals surface area contributed by atoms with Gasteiger partial charge in [0.25, 0.3) is 0 Å². The van der Waals surface area contributed by atoms with Crippen LogP contribution in [0.4, 0.5) is 5.69 Å². The molecule has 1 unspecified atom stereocenters. The van der Waals surface area contributed by atoms with Crippen LogP contribution in [0.25, 0.3) is 0 Å². The second-order valence-electron chi connectivity index (χ2n) is 7.15. The number of para-hydroxylation sites is 1. The molecule has 21 heavy (non-hydrogen) atoms. The zero-order valence-electron chi connectivity index (χ0n) is 13.7. The zero-order valence-corrected chi connectivity index (χ0v) is 13.7. The minimum absolute atomic E-state index is 0.486. The van der Waals surface area contributed by atoms with E-state index in [-0.39, 0.29) is 0 Å². The molecular weight excluding hydrogens is 256 g/mol. The van der Waals surface area contributed by atoms with Gasteiger partial charge in [-0.1, -0.05) is 44.4 Å². The third kappa shape index (κ3) is 3.11. The van der Waals surface area contributed by atoms with E-state index in [9.17, 15) is 0 Å². The van der Waals surface area contributed by atoms with Crippen LogP contribution in [0.5, 0.6) is 0 Å². The fourth-order valence-electron chi connectivity index (χ4n) is 4.31. The Balaban J connectivity index is 1.79. The largest absolute Gasteiger partial charge is 0.368 e. The second-order valence-corrected chi connectivity index (χ2v) is 7.15. The number of rotatable bonds is 5. The summed E-state index contributed by atoms with van der Waals surface area (Å²) in [5, 5.41) is 3.64. The van der Waals surface area contributed by atoms with Crippen LogP contribution < -0.4 is 10.2 Å². The SMILES string of the molecule is CCNCC1(CN2c3ccccc3CC2C)CCCCC1. The summed E-state index contributed by atoms with van der Waals surface area (Å²) in [7, 11) is 0. The van der Waals surface area contributed by atoms with Crippen LogP contribution in [-0.4, -0.2) is 25.7 Å². The highest BCUT2D eigenvalue weighted by atomic mass is 15.2. The number of hydrogen-bond acceptors (Lipinski definition) is 2. The van der Waals surface area contributed by atoms with Crippen molar-refractivity contribution in [2.45, 2.75) is 58.4 Å². The third-order valence-electron chi connectivity index (χ3n) is 5.52.